The fraction of sp³-hybridized carbons (Fsp3) is 0.760. The summed E-state index contributed by atoms with van der Waals surface area (Å²) >= 11 is 0. The molecule has 7 nitrogen and oxygen atoms in total. The molecule has 1 aliphatic rings. The van der Waals surface area contributed by atoms with Gasteiger partial charge in [-0.05, 0) is 32.3 Å². The minimum Gasteiger partial charge on any atom is -0.384 e. The number of nitrogens with two attached hydrogens (primary N) is 1. The number of alkyl halides is 2. The Hall–Kier alpha value is -2.02. The first kappa shape index (κ1) is 30.0. The minimum absolute atomic E-state index is 0.0702. The van der Waals surface area contributed by atoms with Crippen LogP contribution in [0.15, 0.2) is 17.1 Å². The standard InChI is InChI=1S/C25H41F2N3O4/c1-3-4-8-11-24(2,26)23(31)30-15-17-33-19-21-34-20-18-32-16-14-29-22(28)25(27)12-9-6-5-7-10-13-25/h8,11H,3-7,9,12,14-21H2,1-2H3,(H2,28,29)(H,30,31). The fourth-order valence-corrected chi connectivity index (χ4v) is 3.07. The van der Waals surface area contributed by atoms with Crippen molar-refractivity contribution in [3.8, 4) is 11.8 Å². The van der Waals surface area contributed by atoms with Crippen LogP contribution in [0.2, 0.25) is 0 Å². The molecule has 1 aliphatic carbocycles. The van der Waals surface area contributed by atoms with Gasteiger partial charge in [0.05, 0.1) is 46.2 Å². The summed E-state index contributed by atoms with van der Waals surface area (Å²) in [5.74, 6) is 4.72. The average molecular weight is 486 g/mol. The zero-order valence-electron chi connectivity index (χ0n) is 20.7. The molecule has 1 rings (SSSR count). The molecular formula is C25H41F2N3O4. The number of allylic oxidation sites excluding steroid dienone is 1. The Labute approximate surface area is 202 Å². The number of hydrogen-bond donors (Lipinski definition) is 2. The van der Waals surface area contributed by atoms with Crippen LogP contribution in [-0.4, -0.2) is 75.8 Å². The molecule has 0 saturated carbocycles. The van der Waals surface area contributed by atoms with Gasteiger partial charge in [0.2, 0.25) is 11.3 Å². The lowest BCUT2D eigenvalue weighted by atomic mass is 9.94. The van der Waals surface area contributed by atoms with Gasteiger partial charge in [-0.3, -0.25) is 9.79 Å². The van der Waals surface area contributed by atoms with E-state index in [4.69, 9.17) is 19.9 Å². The van der Waals surface area contributed by atoms with E-state index in [2.05, 4.69) is 22.2 Å². The van der Waals surface area contributed by atoms with Crippen molar-refractivity contribution in [2.24, 2.45) is 10.7 Å². The molecule has 34 heavy (non-hydrogen) atoms. The highest BCUT2D eigenvalue weighted by Gasteiger charge is 2.32. The number of halogens is 2. The van der Waals surface area contributed by atoms with Crippen LogP contribution in [-0.2, 0) is 19.0 Å². The Morgan fingerprint density at radius 1 is 1.15 bits per heavy atom. The number of amides is 1. The lowest BCUT2D eigenvalue weighted by molar-refractivity contribution is -0.129. The number of carbonyl (C=O) groups is 1. The Morgan fingerprint density at radius 3 is 2.53 bits per heavy atom. The van der Waals surface area contributed by atoms with Crippen molar-refractivity contribution in [2.75, 3.05) is 52.7 Å². The highest BCUT2D eigenvalue weighted by molar-refractivity contribution is 5.92. The molecule has 0 spiro atoms. The lowest BCUT2D eigenvalue weighted by Gasteiger charge is -2.20. The number of nitrogens with zero attached hydrogens (tertiary/aromatic N) is 1. The molecular weight excluding hydrogens is 444 g/mol. The Morgan fingerprint density at radius 2 is 1.82 bits per heavy atom. The Bertz CT molecular complexity index is 704. The van der Waals surface area contributed by atoms with Gasteiger partial charge in [-0.15, -0.1) is 0 Å². The Balaban J connectivity index is 2.01. The number of amidine groups is 1. The second-order valence-electron chi connectivity index (χ2n) is 8.29. The van der Waals surface area contributed by atoms with Gasteiger partial charge in [-0.1, -0.05) is 37.7 Å². The maximum atomic E-state index is 14.8. The number of unbranched alkanes of at least 4 members (excludes halogenated alkanes) is 1. The summed E-state index contributed by atoms with van der Waals surface area (Å²) in [5.41, 5.74) is 1.98. The zero-order valence-corrected chi connectivity index (χ0v) is 20.7. The van der Waals surface area contributed by atoms with Gasteiger partial charge in [0.1, 0.15) is 5.84 Å². The van der Waals surface area contributed by atoms with E-state index in [-0.39, 0.29) is 32.0 Å². The van der Waals surface area contributed by atoms with Crippen molar-refractivity contribution < 1.29 is 27.8 Å². The van der Waals surface area contributed by atoms with E-state index in [0.29, 0.717) is 39.5 Å². The predicted molar refractivity (Wildman–Crippen MR) is 130 cm³/mol. The van der Waals surface area contributed by atoms with Gasteiger partial charge >= 0.3 is 0 Å². The number of carbonyl (C=O) groups excluding carboxylic acids is 1. The number of rotatable bonds is 17. The molecule has 0 heterocycles. The summed E-state index contributed by atoms with van der Waals surface area (Å²) in [6.07, 6.45) is 8.27. The van der Waals surface area contributed by atoms with E-state index in [1.807, 2.05) is 6.92 Å². The smallest absolute Gasteiger partial charge is 0.261 e. The third-order valence-electron chi connectivity index (χ3n) is 5.14. The quantitative estimate of drug-likeness (QED) is 0.108. The summed E-state index contributed by atoms with van der Waals surface area (Å²) in [5, 5.41) is 2.52. The minimum atomic E-state index is -2.02. The molecule has 3 N–H and O–H groups in total. The fourth-order valence-electron chi connectivity index (χ4n) is 3.07. The zero-order chi connectivity index (χ0) is 25.1. The molecule has 194 valence electrons. The molecule has 0 aliphatic heterocycles. The van der Waals surface area contributed by atoms with E-state index in [9.17, 15) is 13.6 Å². The molecule has 0 aromatic carbocycles. The van der Waals surface area contributed by atoms with Crippen LogP contribution in [0.25, 0.3) is 0 Å². The molecule has 0 bridgehead atoms. The van der Waals surface area contributed by atoms with E-state index < -0.39 is 17.2 Å². The summed E-state index contributed by atoms with van der Waals surface area (Å²) in [7, 11) is 0. The number of aliphatic imine (C=N–C) groups is 1. The van der Waals surface area contributed by atoms with E-state index in [1.54, 1.807) is 6.08 Å². The van der Waals surface area contributed by atoms with Crippen LogP contribution in [0.3, 0.4) is 0 Å². The van der Waals surface area contributed by atoms with E-state index in [1.165, 1.54) is 13.0 Å². The maximum absolute atomic E-state index is 14.8. The molecule has 0 aromatic rings. The van der Waals surface area contributed by atoms with Gasteiger partial charge in [0.15, 0.2) is 0 Å². The summed E-state index contributed by atoms with van der Waals surface area (Å²) in [6, 6.07) is 0. The molecule has 2 unspecified atom stereocenters. The van der Waals surface area contributed by atoms with Crippen molar-refractivity contribution in [3.63, 3.8) is 0 Å². The topological polar surface area (TPSA) is 95.2 Å². The van der Waals surface area contributed by atoms with Gasteiger partial charge in [-0.25, -0.2) is 8.78 Å². The van der Waals surface area contributed by atoms with E-state index >= 15 is 0 Å². The van der Waals surface area contributed by atoms with Gasteiger partial charge in [0.25, 0.3) is 5.91 Å². The second-order valence-corrected chi connectivity index (χ2v) is 8.29. The summed E-state index contributed by atoms with van der Waals surface area (Å²) < 4.78 is 45.2. The molecule has 0 aromatic heterocycles. The monoisotopic (exact) mass is 485 g/mol. The van der Waals surface area contributed by atoms with Crippen molar-refractivity contribution in [1.82, 2.24) is 5.32 Å². The summed E-state index contributed by atoms with van der Waals surface area (Å²) in [4.78, 5) is 15.9. The molecule has 9 heteroatoms. The average Bonchev–Trinajstić information content (AvgIpc) is 2.79. The third kappa shape index (κ3) is 13.0. The first-order valence-corrected chi connectivity index (χ1v) is 12.2. The van der Waals surface area contributed by atoms with Gasteiger partial charge in [0, 0.05) is 19.4 Å². The summed E-state index contributed by atoms with van der Waals surface area (Å²) in [6.45, 7) is 5.74. The molecule has 0 saturated heterocycles. The first-order chi connectivity index (χ1) is 16.3. The molecule has 2 atom stereocenters. The van der Waals surface area contributed by atoms with Crippen LogP contribution in [0.4, 0.5) is 8.78 Å². The van der Waals surface area contributed by atoms with Crippen LogP contribution in [0, 0.1) is 11.8 Å². The van der Waals surface area contributed by atoms with Gasteiger partial charge in [-0.2, -0.15) is 0 Å². The molecule has 1 amide bonds. The highest BCUT2D eigenvalue weighted by atomic mass is 19.1. The lowest BCUT2D eigenvalue weighted by Crippen LogP contribution is -2.41. The number of ether oxygens (including phenoxy) is 3. The maximum Gasteiger partial charge on any atom is 0.261 e. The van der Waals surface area contributed by atoms with Crippen LogP contribution in [0.5, 0.6) is 0 Å². The van der Waals surface area contributed by atoms with Crippen molar-refractivity contribution in [1.29, 1.82) is 0 Å². The van der Waals surface area contributed by atoms with Crippen molar-refractivity contribution in [3.05, 3.63) is 12.2 Å². The van der Waals surface area contributed by atoms with Crippen molar-refractivity contribution in [2.45, 2.75) is 70.1 Å². The van der Waals surface area contributed by atoms with Crippen LogP contribution >= 0.6 is 0 Å². The highest BCUT2D eigenvalue weighted by Crippen LogP contribution is 2.22. The predicted octanol–water partition coefficient (Wildman–Crippen LogP) is 3.27. The molecule has 0 fully saturated rings. The largest absolute Gasteiger partial charge is 0.384 e. The molecule has 0 radical (unpaired) electrons. The Kier molecular flexibility index (Phi) is 15.4. The van der Waals surface area contributed by atoms with E-state index in [0.717, 1.165) is 32.1 Å². The normalized spacial score (nSPS) is 20.8. The number of nitrogens with one attached hydrogen (secondary N) is 1. The number of hydrogen-bond acceptors (Lipinski definition) is 5. The third-order valence-corrected chi connectivity index (χ3v) is 5.14. The SMILES string of the molecule is CCCC=CC(C)(F)C(=O)NCCOCCOCCOCCN=C(N)C1(F)C#CCCCCC1. The van der Waals surface area contributed by atoms with Crippen molar-refractivity contribution >= 4 is 11.7 Å². The van der Waals surface area contributed by atoms with Crippen LogP contribution < -0.4 is 11.1 Å². The van der Waals surface area contributed by atoms with Gasteiger partial charge < -0.3 is 25.3 Å². The second kappa shape index (κ2) is 17.4. The van der Waals surface area contributed by atoms with Crippen LogP contribution in [0.1, 0.15) is 58.8 Å². The first-order valence-electron chi connectivity index (χ1n) is 12.2.